The standard InChI is InChI=1S/C14H17N5O5/c1-9(11-6-10(23-2)4-5-12(11)24-3)16-13(20)7-18-8-15-14(17-18)19(21)22/h4-6,8-9H,7H2,1-3H3,(H,16,20)/t9-/m1/s1. The molecule has 2 rings (SSSR count). The van der Waals surface area contributed by atoms with Crippen molar-refractivity contribution < 1.29 is 19.2 Å². The number of aromatic nitrogens is 3. The molecule has 1 aromatic carbocycles. The number of amides is 1. The van der Waals surface area contributed by atoms with E-state index in [1.165, 1.54) is 7.11 Å². The maximum Gasteiger partial charge on any atom is 0.490 e. The molecule has 1 atom stereocenters. The minimum Gasteiger partial charge on any atom is -0.497 e. The van der Waals surface area contributed by atoms with Gasteiger partial charge in [-0.05, 0) is 30.0 Å². The van der Waals surface area contributed by atoms with Crippen LogP contribution in [-0.4, -0.2) is 39.8 Å². The maximum absolute atomic E-state index is 12.1. The third-order valence-electron chi connectivity index (χ3n) is 3.27. The molecule has 0 radical (unpaired) electrons. The van der Waals surface area contributed by atoms with E-state index in [4.69, 9.17) is 9.47 Å². The lowest BCUT2D eigenvalue weighted by molar-refractivity contribution is -0.394. The van der Waals surface area contributed by atoms with E-state index < -0.39 is 10.9 Å². The average Bonchev–Trinajstić information content (AvgIpc) is 3.02. The maximum atomic E-state index is 12.1. The summed E-state index contributed by atoms with van der Waals surface area (Å²) in [5, 5.41) is 16.9. The second-order valence-electron chi connectivity index (χ2n) is 4.90. The summed E-state index contributed by atoms with van der Waals surface area (Å²) in [5.41, 5.74) is 0.745. The fraction of sp³-hybridized carbons (Fsp3) is 0.357. The second-order valence-corrected chi connectivity index (χ2v) is 4.90. The largest absolute Gasteiger partial charge is 0.497 e. The lowest BCUT2D eigenvalue weighted by atomic mass is 10.1. The molecule has 0 spiro atoms. The third kappa shape index (κ3) is 3.97. The van der Waals surface area contributed by atoms with Crippen molar-refractivity contribution in [3.8, 4) is 11.5 Å². The van der Waals surface area contributed by atoms with E-state index in [2.05, 4.69) is 15.4 Å². The van der Waals surface area contributed by atoms with Crippen molar-refractivity contribution in [3.63, 3.8) is 0 Å². The number of benzene rings is 1. The topological polar surface area (TPSA) is 121 Å². The number of hydrogen-bond donors (Lipinski definition) is 1. The first-order valence-corrected chi connectivity index (χ1v) is 6.99. The Hall–Kier alpha value is -3.17. The highest BCUT2D eigenvalue weighted by Crippen LogP contribution is 2.29. The number of rotatable bonds is 7. The zero-order valence-corrected chi connectivity index (χ0v) is 13.4. The molecular formula is C14H17N5O5. The monoisotopic (exact) mass is 335 g/mol. The van der Waals surface area contributed by atoms with Crippen LogP contribution in [0.2, 0.25) is 0 Å². The van der Waals surface area contributed by atoms with E-state index in [-0.39, 0.29) is 18.5 Å². The first-order chi connectivity index (χ1) is 11.4. The average molecular weight is 335 g/mol. The summed E-state index contributed by atoms with van der Waals surface area (Å²) < 4.78 is 11.6. The molecule has 0 aliphatic rings. The van der Waals surface area contributed by atoms with E-state index in [0.717, 1.165) is 16.6 Å². The van der Waals surface area contributed by atoms with Gasteiger partial charge in [0.05, 0.1) is 20.3 Å². The Morgan fingerprint density at radius 1 is 1.42 bits per heavy atom. The van der Waals surface area contributed by atoms with Crippen molar-refractivity contribution in [1.29, 1.82) is 0 Å². The van der Waals surface area contributed by atoms with Crippen LogP contribution in [0.4, 0.5) is 5.95 Å². The van der Waals surface area contributed by atoms with E-state index in [9.17, 15) is 14.9 Å². The van der Waals surface area contributed by atoms with Crippen molar-refractivity contribution in [2.45, 2.75) is 19.5 Å². The number of hydrogen-bond acceptors (Lipinski definition) is 7. The van der Waals surface area contributed by atoms with Crippen LogP contribution in [0.1, 0.15) is 18.5 Å². The Morgan fingerprint density at radius 3 is 2.75 bits per heavy atom. The molecule has 0 aliphatic carbocycles. The van der Waals surface area contributed by atoms with Gasteiger partial charge >= 0.3 is 5.95 Å². The van der Waals surface area contributed by atoms with Crippen molar-refractivity contribution in [2.24, 2.45) is 0 Å². The molecule has 0 saturated carbocycles. The predicted molar refractivity (Wildman–Crippen MR) is 82.8 cm³/mol. The minimum absolute atomic E-state index is 0.183. The normalized spacial score (nSPS) is 11.6. The molecular weight excluding hydrogens is 318 g/mol. The quantitative estimate of drug-likeness (QED) is 0.593. The zero-order valence-electron chi connectivity index (χ0n) is 13.4. The lowest BCUT2D eigenvalue weighted by Gasteiger charge is -2.18. The Morgan fingerprint density at radius 2 is 2.17 bits per heavy atom. The number of carbonyl (C=O) groups excluding carboxylic acids is 1. The van der Waals surface area contributed by atoms with Gasteiger partial charge in [-0.1, -0.05) is 4.98 Å². The fourth-order valence-electron chi connectivity index (χ4n) is 2.13. The Labute approximate surface area is 137 Å². The van der Waals surface area contributed by atoms with Crippen molar-refractivity contribution in [3.05, 3.63) is 40.2 Å². The smallest absolute Gasteiger partial charge is 0.490 e. The number of nitrogens with zero attached hydrogens (tertiary/aromatic N) is 4. The first-order valence-electron chi connectivity index (χ1n) is 6.99. The Balaban J connectivity index is 2.06. The highest BCUT2D eigenvalue weighted by Gasteiger charge is 2.18. The number of nitro groups is 1. The van der Waals surface area contributed by atoms with Crippen molar-refractivity contribution in [1.82, 2.24) is 20.1 Å². The third-order valence-corrected chi connectivity index (χ3v) is 3.27. The molecule has 2 aromatic rings. The predicted octanol–water partition coefficient (Wildman–Crippen LogP) is 1.08. The van der Waals surface area contributed by atoms with Crippen LogP contribution >= 0.6 is 0 Å². The van der Waals surface area contributed by atoms with Gasteiger partial charge in [0.2, 0.25) is 12.2 Å². The number of carbonyl (C=O) groups is 1. The zero-order chi connectivity index (χ0) is 17.7. The van der Waals surface area contributed by atoms with Crippen LogP contribution in [0.5, 0.6) is 11.5 Å². The minimum atomic E-state index is -0.724. The van der Waals surface area contributed by atoms with Gasteiger partial charge in [-0.15, -0.1) is 0 Å². The SMILES string of the molecule is COc1ccc(OC)c([C@@H](C)NC(=O)Cn2cnc([N+](=O)[O-])n2)c1. The summed E-state index contributed by atoms with van der Waals surface area (Å²) in [5.74, 6) is 0.330. The molecule has 10 nitrogen and oxygen atoms in total. The van der Waals surface area contributed by atoms with Crippen LogP contribution < -0.4 is 14.8 Å². The van der Waals surface area contributed by atoms with E-state index >= 15 is 0 Å². The highest BCUT2D eigenvalue weighted by molar-refractivity contribution is 5.76. The molecule has 24 heavy (non-hydrogen) atoms. The molecule has 0 unspecified atom stereocenters. The van der Waals surface area contributed by atoms with Crippen LogP contribution in [0.15, 0.2) is 24.5 Å². The number of ether oxygens (including phenoxy) is 2. The molecule has 0 fully saturated rings. The van der Waals surface area contributed by atoms with Crippen LogP contribution in [0, 0.1) is 10.1 Å². The molecule has 1 heterocycles. The van der Waals surface area contributed by atoms with E-state index in [1.54, 1.807) is 32.2 Å². The summed E-state index contributed by atoms with van der Waals surface area (Å²) in [4.78, 5) is 25.4. The van der Waals surface area contributed by atoms with Gasteiger partial charge in [-0.3, -0.25) is 4.79 Å². The van der Waals surface area contributed by atoms with Crippen LogP contribution in [0.25, 0.3) is 0 Å². The van der Waals surface area contributed by atoms with E-state index in [1.807, 2.05) is 0 Å². The Kier molecular flexibility index (Phi) is 5.30. The second kappa shape index (κ2) is 7.40. The fourth-order valence-corrected chi connectivity index (χ4v) is 2.13. The summed E-state index contributed by atoms with van der Waals surface area (Å²) in [7, 11) is 3.08. The molecule has 0 aliphatic heterocycles. The summed E-state index contributed by atoms with van der Waals surface area (Å²) in [6.07, 6.45) is 1.13. The molecule has 1 aromatic heterocycles. The van der Waals surface area contributed by atoms with Gasteiger partial charge in [0.25, 0.3) is 0 Å². The summed E-state index contributed by atoms with van der Waals surface area (Å²) in [6.45, 7) is 1.61. The van der Waals surface area contributed by atoms with Gasteiger partial charge in [0.1, 0.15) is 18.0 Å². The van der Waals surface area contributed by atoms with Crippen molar-refractivity contribution >= 4 is 11.9 Å². The molecule has 128 valence electrons. The number of nitrogens with one attached hydrogen (secondary N) is 1. The summed E-state index contributed by atoms with van der Waals surface area (Å²) in [6, 6.07) is 4.91. The van der Waals surface area contributed by atoms with Gasteiger partial charge < -0.3 is 24.9 Å². The van der Waals surface area contributed by atoms with Gasteiger partial charge in [-0.2, -0.15) is 4.68 Å². The van der Waals surface area contributed by atoms with Gasteiger partial charge in [0.15, 0.2) is 0 Å². The Bertz CT molecular complexity index is 745. The highest BCUT2D eigenvalue weighted by atomic mass is 16.6. The molecule has 0 saturated heterocycles. The number of methoxy groups -OCH3 is 2. The molecule has 10 heteroatoms. The molecule has 0 bridgehead atoms. The van der Waals surface area contributed by atoms with Crippen molar-refractivity contribution in [2.75, 3.05) is 14.2 Å². The van der Waals surface area contributed by atoms with Gasteiger partial charge in [-0.25, -0.2) is 0 Å². The van der Waals surface area contributed by atoms with Crippen LogP contribution in [-0.2, 0) is 11.3 Å². The lowest BCUT2D eigenvalue weighted by Crippen LogP contribution is -2.30. The summed E-state index contributed by atoms with van der Waals surface area (Å²) >= 11 is 0. The van der Waals surface area contributed by atoms with E-state index in [0.29, 0.717) is 11.5 Å². The van der Waals surface area contributed by atoms with Gasteiger partial charge in [0, 0.05) is 10.7 Å². The first kappa shape index (κ1) is 17.2. The van der Waals surface area contributed by atoms with Crippen LogP contribution in [0.3, 0.4) is 0 Å². The molecule has 1 amide bonds. The molecule has 1 N–H and O–H groups in total.